The lowest BCUT2D eigenvalue weighted by atomic mass is 10.1. The topological polar surface area (TPSA) is 56.1 Å². The molecule has 0 bridgehead atoms. The van der Waals surface area contributed by atoms with Gasteiger partial charge in [-0.3, -0.25) is 9.48 Å². The number of carbonyl (C=O) groups excluding carboxylic acids is 1. The summed E-state index contributed by atoms with van der Waals surface area (Å²) in [6, 6.07) is 17.4. The second-order valence-corrected chi connectivity index (χ2v) is 7.30. The van der Waals surface area contributed by atoms with Crippen molar-refractivity contribution in [2.75, 3.05) is 13.2 Å². The van der Waals surface area contributed by atoms with Crippen molar-refractivity contribution in [3.8, 4) is 11.3 Å². The van der Waals surface area contributed by atoms with Gasteiger partial charge in [0.2, 0.25) is 0 Å². The first-order chi connectivity index (χ1) is 13.7. The van der Waals surface area contributed by atoms with Crippen LogP contribution >= 0.6 is 11.6 Å². The second-order valence-electron chi connectivity index (χ2n) is 6.89. The van der Waals surface area contributed by atoms with Crippen LogP contribution in [-0.4, -0.2) is 34.9 Å². The summed E-state index contributed by atoms with van der Waals surface area (Å²) in [5, 5.41) is 8.36. The molecule has 1 aliphatic heterocycles. The van der Waals surface area contributed by atoms with E-state index in [0.717, 1.165) is 30.6 Å². The van der Waals surface area contributed by atoms with Crippen LogP contribution in [-0.2, 0) is 11.3 Å². The summed E-state index contributed by atoms with van der Waals surface area (Å²) in [6.45, 7) is 1.78. The molecule has 0 spiro atoms. The summed E-state index contributed by atoms with van der Waals surface area (Å²) in [5.41, 5.74) is 3.08. The molecule has 1 saturated heterocycles. The molecule has 0 aliphatic carbocycles. The number of hydrogen-bond donors (Lipinski definition) is 1. The molecule has 6 heteroatoms. The van der Waals surface area contributed by atoms with Crippen molar-refractivity contribution in [1.29, 1.82) is 0 Å². The first-order valence-corrected chi connectivity index (χ1v) is 9.84. The van der Waals surface area contributed by atoms with Crippen LogP contribution in [0.1, 0.15) is 28.8 Å². The van der Waals surface area contributed by atoms with Crippen LogP contribution in [0.25, 0.3) is 11.3 Å². The number of nitrogens with one attached hydrogen (secondary N) is 1. The molecule has 4 rings (SSSR count). The maximum Gasteiger partial charge on any atom is 0.255 e. The van der Waals surface area contributed by atoms with E-state index in [9.17, 15) is 4.79 Å². The molecule has 5 nitrogen and oxygen atoms in total. The van der Waals surface area contributed by atoms with E-state index in [1.807, 2.05) is 54.6 Å². The third-order valence-electron chi connectivity index (χ3n) is 4.86. The molecular weight excluding hydrogens is 374 g/mol. The average Bonchev–Trinajstić information content (AvgIpc) is 3.39. The van der Waals surface area contributed by atoms with Crippen LogP contribution in [0.2, 0.25) is 5.02 Å². The number of hydrogen-bond acceptors (Lipinski definition) is 3. The molecule has 1 aromatic heterocycles. The number of nitrogens with zero attached hydrogens (tertiary/aromatic N) is 2. The molecule has 1 unspecified atom stereocenters. The molecule has 2 aromatic carbocycles. The van der Waals surface area contributed by atoms with Gasteiger partial charge in [0.05, 0.1) is 18.2 Å². The highest BCUT2D eigenvalue weighted by Gasteiger charge is 2.21. The van der Waals surface area contributed by atoms with Gasteiger partial charge in [0.25, 0.3) is 5.91 Å². The maximum atomic E-state index is 12.9. The van der Waals surface area contributed by atoms with E-state index in [1.54, 1.807) is 10.9 Å². The highest BCUT2D eigenvalue weighted by Crippen LogP contribution is 2.24. The molecule has 144 valence electrons. The van der Waals surface area contributed by atoms with Crippen LogP contribution < -0.4 is 5.32 Å². The summed E-state index contributed by atoms with van der Waals surface area (Å²) in [6.07, 6.45) is 3.92. The van der Waals surface area contributed by atoms with Gasteiger partial charge < -0.3 is 10.1 Å². The summed E-state index contributed by atoms with van der Waals surface area (Å²) in [4.78, 5) is 12.9. The van der Waals surface area contributed by atoms with Crippen molar-refractivity contribution in [2.24, 2.45) is 0 Å². The fourth-order valence-corrected chi connectivity index (χ4v) is 3.58. The van der Waals surface area contributed by atoms with Crippen LogP contribution in [0.4, 0.5) is 0 Å². The normalized spacial score (nSPS) is 16.2. The van der Waals surface area contributed by atoms with E-state index in [0.29, 0.717) is 29.4 Å². The lowest BCUT2D eigenvalue weighted by Gasteiger charge is -2.10. The SMILES string of the molecule is O=C(NCC1CCCO1)c1cn(Cc2ccccc2Cl)nc1-c1ccccc1. The third-order valence-corrected chi connectivity index (χ3v) is 5.23. The first-order valence-electron chi connectivity index (χ1n) is 9.47. The minimum atomic E-state index is -0.139. The number of rotatable bonds is 6. The largest absolute Gasteiger partial charge is 0.376 e. The Morgan fingerprint density at radius 3 is 2.71 bits per heavy atom. The minimum Gasteiger partial charge on any atom is -0.376 e. The van der Waals surface area contributed by atoms with Crippen LogP contribution in [0.15, 0.2) is 60.8 Å². The monoisotopic (exact) mass is 395 g/mol. The molecule has 1 fully saturated rings. The molecule has 1 amide bonds. The van der Waals surface area contributed by atoms with Gasteiger partial charge in [0, 0.05) is 29.9 Å². The van der Waals surface area contributed by atoms with E-state index in [-0.39, 0.29) is 12.0 Å². The summed E-state index contributed by atoms with van der Waals surface area (Å²) < 4.78 is 7.37. The van der Waals surface area contributed by atoms with Crippen molar-refractivity contribution in [3.63, 3.8) is 0 Å². The van der Waals surface area contributed by atoms with Crippen molar-refractivity contribution in [1.82, 2.24) is 15.1 Å². The zero-order valence-electron chi connectivity index (χ0n) is 15.5. The Balaban J connectivity index is 1.60. The molecule has 1 N–H and O–H groups in total. The van der Waals surface area contributed by atoms with E-state index >= 15 is 0 Å². The van der Waals surface area contributed by atoms with Gasteiger partial charge >= 0.3 is 0 Å². The maximum absolute atomic E-state index is 12.9. The predicted octanol–water partition coefficient (Wildman–Crippen LogP) is 4.16. The Kier molecular flexibility index (Phi) is 5.74. The van der Waals surface area contributed by atoms with Gasteiger partial charge in [-0.2, -0.15) is 5.10 Å². The van der Waals surface area contributed by atoms with E-state index in [2.05, 4.69) is 10.4 Å². The van der Waals surface area contributed by atoms with Gasteiger partial charge in [-0.1, -0.05) is 60.1 Å². The molecular formula is C22H22ClN3O2. The zero-order chi connectivity index (χ0) is 19.3. The number of carbonyl (C=O) groups is 1. The Morgan fingerprint density at radius 2 is 1.96 bits per heavy atom. The number of amides is 1. The molecule has 1 atom stereocenters. The Hall–Kier alpha value is -2.63. The molecule has 1 aliphatic rings. The van der Waals surface area contributed by atoms with E-state index < -0.39 is 0 Å². The third kappa shape index (κ3) is 4.26. The van der Waals surface area contributed by atoms with Gasteiger partial charge in [-0.05, 0) is 24.5 Å². The van der Waals surface area contributed by atoms with Crippen molar-refractivity contribution < 1.29 is 9.53 Å². The molecule has 0 saturated carbocycles. The van der Waals surface area contributed by atoms with E-state index in [1.165, 1.54) is 0 Å². The first kappa shape index (κ1) is 18.7. The standard InChI is InChI=1S/C22H22ClN3O2/c23-20-11-5-4-9-17(20)14-26-15-19(21(25-26)16-7-2-1-3-8-16)22(27)24-13-18-10-6-12-28-18/h1-5,7-9,11,15,18H,6,10,12-14H2,(H,24,27). The Morgan fingerprint density at radius 1 is 1.18 bits per heavy atom. The molecule has 3 aromatic rings. The van der Waals surface area contributed by atoms with Crippen molar-refractivity contribution in [3.05, 3.63) is 76.9 Å². The summed E-state index contributed by atoms with van der Waals surface area (Å²) >= 11 is 6.29. The van der Waals surface area contributed by atoms with Crippen molar-refractivity contribution in [2.45, 2.75) is 25.5 Å². The molecule has 2 heterocycles. The number of aromatic nitrogens is 2. The highest BCUT2D eigenvalue weighted by molar-refractivity contribution is 6.31. The van der Waals surface area contributed by atoms with Crippen LogP contribution in [0.3, 0.4) is 0 Å². The molecule has 0 radical (unpaired) electrons. The average molecular weight is 396 g/mol. The summed E-state index contributed by atoms with van der Waals surface area (Å²) in [7, 11) is 0. The van der Waals surface area contributed by atoms with Crippen molar-refractivity contribution >= 4 is 17.5 Å². The number of halogens is 1. The lowest BCUT2D eigenvalue weighted by Crippen LogP contribution is -2.31. The predicted molar refractivity (Wildman–Crippen MR) is 110 cm³/mol. The zero-order valence-corrected chi connectivity index (χ0v) is 16.2. The van der Waals surface area contributed by atoms with E-state index in [4.69, 9.17) is 16.3 Å². The van der Waals surface area contributed by atoms with Gasteiger partial charge in [0.1, 0.15) is 5.69 Å². The fraction of sp³-hybridized carbons (Fsp3) is 0.273. The van der Waals surface area contributed by atoms with Gasteiger partial charge in [0.15, 0.2) is 0 Å². The van der Waals surface area contributed by atoms with Crippen LogP contribution in [0, 0.1) is 0 Å². The Labute approximate surface area is 169 Å². The quantitative estimate of drug-likeness (QED) is 0.681. The lowest BCUT2D eigenvalue weighted by molar-refractivity contribution is 0.0858. The fourth-order valence-electron chi connectivity index (χ4n) is 3.39. The highest BCUT2D eigenvalue weighted by atomic mass is 35.5. The Bertz CT molecular complexity index is 949. The summed E-state index contributed by atoms with van der Waals surface area (Å²) in [5.74, 6) is -0.139. The molecule has 28 heavy (non-hydrogen) atoms. The minimum absolute atomic E-state index is 0.0993. The number of benzene rings is 2. The van der Waals surface area contributed by atoms with Gasteiger partial charge in [-0.15, -0.1) is 0 Å². The smallest absolute Gasteiger partial charge is 0.255 e. The number of ether oxygens (including phenoxy) is 1. The second kappa shape index (κ2) is 8.59. The van der Waals surface area contributed by atoms with Gasteiger partial charge in [-0.25, -0.2) is 0 Å². The van der Waals surface area contributed by atoms with Crippen LogP contribution in [0.5, 0.6) is 0 Å².